The molecule has 1 N–H and O–H groups in total. The van der Waals surface area contributed by atoms with Gasteiger partial charge in [-0.25, -0.2) is 4.52 Å². The maximum Gasteiger partial charge on any atom is 0.664 e. The van der Waals surface area contributed by atoms with E-state index >= 15 is 0 Å². The minimum absolute atomic E-state index is 0.0196. The number of nitrogens with one attached hydrogen (secondary N) is 1. The summed E-state index contributed by atoms with van der Waals surface area (Å²) in [7, 11) is 1.23. The molecule has 0 amide bonds. The minimum atomic E-state index is -2.02. The van der Waals surface area contributed by atoms with Crippen molar-refractivity contribution in [1.82, 2.24) is 5.09 Å². The SMILES string of the molecule is CCC.COC.O=CCN[P+](=O)Oc1ccc(Br)cc1. The first-order valence-electron chi connectivity index (χ1n) is 6.03. The lowest BCUT2D eigenvalue weighted by atomic mass is 10.3. The molecule has 0 heterocycles. The van der Waals surface area contributed by atoms with E-state index in [4.69, 9.17) is 4.52 Å². The van der Waals surface area contributed by atoms with E-state index in [1.54, 1.807) is 38.5 Å². The molecule has 0 fully saturated rings. The number of halogens is 1. The van der Waals surface area contributed by atoms with Gasteiger partial charge in [0.1, 0.15) is 6.29 Å². The monoisotopic (exact) mass is 366 g/mol. The van der Waals surface area contributed by atoms with Gasteiger partial charge in [0.05, 0.1) is 6.54 Å². The van der Waals surface area contributed by atoms with Crippen molar-refractivity contribution in [2.24, 2.45) is 0 Å². The molecule has 20 heavy (non-hydrogen) atoms. The smallest absolute Gasteiger partial charge is 0.388 e. The summed E-state index contributed by atoms with van der Waals surface area (Å²) in [6.07, 6.45) is 1.87. The van der Waals surface area contributed by atoms with Gasteiger partial charge in [-0.15, -0.1) is 0 Å². The zero-order valence-electron chi connectivity index (χ0n) is 12.3. The Labute approximate surface area is 130 Å². The zero-order valence-corrected chi connectivity index (χ0v) is 14.7. The molecule has 1 unspecified atom stereocenters. The second kappa shape index (κ2) is 16.2. The predicted molar refractivity (Wildman–Crippen MR) is 85.3 cm³/mol. The molecule has 0 aliphatic rings. The molecule has 0 aromatic heterocycles. The van der Waals surface area contributed by atoms with Gasteiger partial charge >= 0.3 is 8.18 Å². The first kappa shape index (κ1) is 21.5. The summed E-state index contributed by atoms with van der Waals surface area (Å²) in [6, 6.07) is 6.91. The van der Waals surface area contributed by atoms with E-state index in [2.05, 4.69) is 39.6 Å². The number of ether oxygens (including phenoxy) is 1. The lowest BCUT2D eigenvalue weighted by molar-refractivity contribution is -0.106. The van der Waals surface area contributed by atoms with Crippen LogP contribution in [-0.4, -0.2) is 27.1 Å². The topological polar surface area (TPSA) is 64.6 Å². The maximum absolute atomic E-state index is 11.1. The average molecular weight is 367 g/mol. The molecule has 0 aliphatic carbocycles. The van der Waals surface area contributed by atoms with Crippen molar-refractivity contribution >= 4 is 30.4 Å². The highest BCUT2D eigenvalue weighted by Gasteiger charge is 2.17. The van der Waals surface area contributed by atoms with Gasteiger partial charge in [-0.2, -0.15) is 0 Å². The predicted octanol–water partition coefficient (Wildman–Crippen LogP) is 3.95. The lowest BCUT2D eigenvalue weighted by Gasteiger charge is -1.92. The average Bonchev–Trinajstić information content (AvgIpc) is 2.41. The Morgan fingerprint density at radius 2 is 1.70 bits per heavy atom. The number of hydrogen-bond donors (Lipinski definition) is 1. The largest absolute Gasteiger partial charge is 0.664 e. The number of aldehydes is 1. The molecule has 1 rings (SSSR count). The summed E-state index contributed by atoms with van der Waals surface area (Å²) in [5.74, 6) is 0.493. The Morgan fingerprint density at radius 1 is 1.25 bits per heavy atom. The minimum Gasteiger partial charge on any atom is -0.388 e. The van der Waals surface area contributed by atoms with E-state index in [-0.39, 0.29) is 6.54 Å². The Kier molecular flexibility index (Phi) is 17.5. The highest BCUT2D eigenvalue weighted by Crippen LogP contribution is 2.24. The second-order valence-electron chi connectivity index (χ2n) is 3.45. The summed E-state index contributed by atoms with van der Waals surface area (Å²) in [5.41, 5.74) is 0. The number of hydrogen-bond acceptors (Lipinski definition) is 4. The van der Waals surface area contributed by atoms with Crippen molar-refractivity contribution in [3.8, 4) is 5.75 Å². The summed E-state index contributed by atoms with van der Waals surface area (Å²) < 4.78 is 21.3. The van der Waals surface area contributed by atoms with E-state index in [0.717, 1.165) is 4.47 Å². The second-order valence-corrected chi connectivity index (χ2v) is 5.38. The molecule has 114 valence electrons. The Balaban J connectivity index is 0. The zero-order chi connectivity index (χ0) is 15.8. The van der Waals surface area contributed by atoms with Crippen molar-refractivity contribution < 1.29 is 18.6 Å². The van der Waals surface area contributed by atoms with Gasteiger partial charge < -0.3 is 9.53 Å². The van der Waals surface area contributed by atoms with Crippen LogP contribution in [0.4, 0.5) is 0 Å². The molecule has 0 saturated carbocycles. The number of carbonyl (C=O) groups excluding carboxylic acids is 1. The molecular weight excluding hydrogens is 345 g/mol. The number of rotatable bonds is 5. The van der Waals surface area contributed by atoms with Gasteiger partial charge in [-0.05, 0) is 24.3 Å². The fourth-order valence-corrected chi connectivity index (χ4v) is 1.60. The van der Waals surface area contributed by atoms with Crippen molar-refractivity contribution in [2.45, 2.75) is 20.3 Å². The van der Waals surface area contributed by atoms with Crippen molar-refractivity contribution in [3.63, 3.8) is 0 Å². The van der Waals surface area contributed by atoms with Crippen LogP contribution in [0.3, 0.4) is 0 Å². The molecule has 0 bridgehead atoms. The van der Waals surface area contributed by atoms with E-state index in [1.165, 1.54) is 6.42 Å². The maximum atomic E-state index is 11.1. The normalized spacial score (nSPS) is 9.35. The summed E-state index contributed by atoms with van der Waals surface area (Å²) in [6.45, 7) is 4.27. The highest BCUT2D eigenvalue weighted by molar-refractivity contribution is 9.10. The van der Waals surface area contributed by atoms with Crippen LogP contribution in [0.15, 0.2) is 28.7 Å². The first-order chi connectivity index (χ1) is 9.55. The van der Waals surface area contributed by atoms with E-state index < -0.39 is 8.18 Å². The van der Waals surface area contributed by atoms with Crippen LogP contribution < -0.4 is 9.61 Å². The summed E-state index contributed by atoms with van der Waals surface area (Å²) >= 11 is 3.26. The summed E-state index contributed by atoms with van der Waals surface area (Å²) in [5, 5.41) is 2.40. The van der Waals surface area contributed by atoms with Crippen LogP contribution in [0.25, 0.3) is 0 Å². The molecule has 1 aromatic rings. The van der Waals surface area contributed by atoms with Crippen LogP contribution in [0.2, 0.25) is 0 Å². The molecule has 1 aromatic carbocycles. The molecule has 1 atom stereocenters. The molecule has 0 spiro atoms. The van der Waals surface area contributed by atoms with Gasteiger partial charge in [0, 0.05) is 23.3 Å². The van der Waals surface area contributed by atoms with Crippen LogP contribution in [0.5, 0.6) is 5.75 Å². The molecule has 0 radical (unpaired) electrons. The number of benzene rings is 1. The van der Waals surface area contributed by atoms with Gasteiger partial charge in [-0.3, -0.25) is 0 Å². The van der Waals surface area contributed by atoms with Crippen LogP contribution in [0, 0.1) is 0 Å². The molecular formula is C13H22BrNO4P+. The van der Waals surface area contributed by atoms with Gasteiger partial charge in [0.15, 0.2) is 5.75 Å². The third kappa shape index (κ3) is 15.2. The Morgan fingerprint density at radius 3 is 2.10 bits per heavy atom. The fraction of sp³-hybridized carbons (Fsp3) is 0.462. The number of methoxy groups -OCH3 is 1. The number of carbonyl (C=O) groups is 1. The molecule has 0 aliphatic heterocycles. The van der Waals surface area contributed by atoms with E-state index in [1.807, 2.05) is 0 Å². The molecule has 5 nitrogen and oxygen atoms in total. The third-order valence-corrected chi connectivity index (χ3v) is 2.65. The standard InChI is InChI=1S/C8H8BrNO3P.C3H8.C2H6O/c9-7-1-3-8(4-2-7)13-14(12)10-5-6-11;2*1-3-2/h1-4,6H,5H2,(H,10,12);3H2,1-2H3;1-2H3/q+1;;. The Bertz CT molecular complexity index is 358. The third-order valence-electron chi connectivity index (χ3n) is 1.31. The summed E-state index contributed by atoms with van der Waals surface area (Å²) in [4.78, 5) is 9.95. The molecule has 0 saturated heterocycles. The quantitative estimate of drug-likeness (QED) is 0.631. The molecule has 7 heteroatoms. The van der Waals surface area contributed by atoms with Gasteiger partial charge in [0.25, 0.3) is 0 Å². The van der Waals surface area contributed by atoms with Crippen molar-refractivity contribution in [3.05, 3.63) is 28.7 Å². The fourth-order valence-electron chi connectivity index (χ4n) is 0.735. The van der Waals surface area contributed by atoms with Crippen LogP contribution >= 0.6 is 24.1 Å². The van der Waals surface area contributed by atoms with E-state index in [0.29, 0.717) is 12.0 Å². The first-order valence-corrected chi connectivity index (χ1v) is 8.00. The highest BCUT2D eigenvalue weighted by atomic mass is 79.9. The van der Waals surface area contributed by atoms with Crippen molar-refractivity contribution in [1.29, 1.82) is 0 Å². The van der Waals surface area contributed by atoms with E-state index in [9.17, 15) is 9.36 Å². The van der Waals surface area contributed by atoms with Crippen molar-refractivity contribution in [2.75, 3.05) is 20.8 Å². The Hall–Kier alpha value is -0.810. The van der Waals surface area contributed by atoms with Crippen LogP contribution in [0.1, 0.15) is 20.3 Å². The van der Waals surface area contributed by atoms with Crippen LogP contribution in [-0.2, 0) is 14.1 Å². The lowest BCUT2D eigenvalue weighted by Crippen LogP contribution is -2.08. The van der Waals surface area contributed by atoms with Gasteiger partial charge in [0.2, 0.25) is 0 Å². The van der Waals surface area contributed by atoms with Gasteiger partial charge in [-0.1, -0.05) is 41.3 Å².